The van der Waals surface area contributed by atoms with Gasteiger partial charge in [0.15, 0.2) is 0 Å². The third-order valence-electron chi connectivity index (χ3n) is 3.93. The highest BCUT2D eigenvalue weighted by Crippen LogP contribution is 2.39. The minimum Gasteiger partial charge on any atom is -0.378 e. The monoisotopic (exact) mass is 290 g/mol. The second kappa shape index (κ2) is 6.36. The first-order valence-electron chi connectivity index (χ1n) is 6.60. The summed E-state index contributed by atoms with van der Waals surface area (Å²) < 4.78 is 11.6. The second-order valence-electron chi connectivity index (χ2n) is 5.34. The van der Waals surface area contributed by atoms with E-state index in [9.17, 15) is 0 Å². The first-order chi connectivity index (χ1) is 7.85. The van der Waals surface area contributed by atoms with Crippen molar-refractivity contribution in [2.45, 2.75) is 51.0 Å². The Balaban J connectivity index is 1.66. The maximum Gasteiger partial charge on any atom is 0.0808 e. The van der Waals surface area contributed by atoms with Gasteiger partial charge in [-0.05, 0) is 32.1 Å². The number of hydrogen-bond donors (Lipinski definition) is 0. The molecule has 16 heavy (non-hydrogen) atoms. The molecule has 1 atom stereocenters. The molecule has 0 bridgehead atoms. The van der Waals surface area contributed by atoms with Gasteiger partial charge in [-0.25, -0.2) is 0 Å². The fraction of sp³-hybridized carbons (Fsp3) is 1.00. The van der Waals surface area contributed by atoms with Crippen molar-refractivity contribution < 1.29 is 9.47 Å². The van der Waals surface area contributed by atoms with Crippen LogP contribution in [-0.2, 0) is 9.47 Å². The lowest BCUT2D eigenvalue weighted by Crippen LogP contribution is -2.30. The summed E-state index contributed by atoms with van der Waals surface area (Å²) >= 11 is 3.65. The first kappa shape index (κ1) is 12.8. The average molecular weight is 291 g/mol. The third kappa shape index (κ3) is 3.44. The normalized spacial score (nSPS) is 29.4. The molecule has 1 aliphatic carbocycles. The lowest BCUT2D eigenvalue weighted by atomic mass is 9.90. The maximum absolute atomic E-state index is 5.90. The summed E-state index contributed by atoms with van der Waals surface area (Å²) in [5.74, 6) is 0. The quantitative estimate of drug-likeness (QED) is 0.721. The van der Waals surface area contributed by atoms with Gasteiger partial charge in [0.2, 0.25) is 0 Å². The molecule has 2 fully saturated rings. The molecule has 0 aromatic heterocycles. The van der Waals surface area contributed by atoms with Crippen LogP contribution >= 0.6 is 15.9 Å². The van der Waals surface area contributed by atoms with Crippen LogP contribution in [0.2, 0.25) is 0 Å². The first-order valence-corrected chi connectivity index (χ1v) is 7.72. The highest BCUT2D eigenvalue weighted by molar-refractivity contribution is 9.09. The van der Waals surface area contributed by atoms with Gasteiger partial charge in [-0.1, -0.05) is 28.8 Å². The summed E-state index contributed by atoms with van der Waals surface area (Å²) in [6.07, 6.45) is 9.46. The van der Waals surface area contributed by atoms with Crippen LogP contribution in [0.3, 0.4) is 0 Å². The summed E-state index contributed by atoms with van der Waals surface area (Å²) in [7, 11) is 0. The number of ether oxygens (including phenoxy) is 2. The molecule has 2 nitrogen and oxygen atoms in total. The molecule has 1 saturated carbocycles. The van der Waals surface area contributed by atoms with E-state index in [1.807, 2.05) is 0 Å². The Hall–Kier alpha value is 0.400. The topological polar surface area (TPSA) is 18.5 Å². The predicted molar refractivity (Wildman–Crippen MR) is 69.1 cm³/mol. The highest BCUT2D eigenvalue weighted by atomic mass is 79.9. The van der Waals surface area contributed by atoms with E-state index in [2.05, 4.69) is 15.9 Å². The Morgan fingerprint density at radius 2 is 2.00 bits per heavy atom. The van der Waals surface area contributed by atoms with Gasteiger partial charge in [-0.2, -0.15) is 0 Å². The smallest absolute Gasteiger partial charge is 0.0808 e. The van der Waals surface area contributed by atoms with Crippen molar-refractivity contribution in [3.05, 3.63) is 0 Å². The molecule has 0 amide bonds. The maximum atomic E-state index is 5.90. The SMILES string of the molecule is BrCC1(COCC2CCCCO2)CCCC1. The number of rotatable bonds is 5. The van der Waals surface area contributed by atoms with E-state index < -0.39 is 0 Å². The zero-order valence-corrected chi connectivity index (χ0v) is 11.6. The van der Waals surface area contributed by atoms with Crippen molar-refractivity contribution in [2.75, 3.05) is 25.2 Å². The van der Waals surface area contributed by atoms with Crippen molar-refractivity contribution in [1.82, 2.24) is 0 Å². The molecule has 0 radical (unpaired) electrons. The van der Waals surface area contributed by atoms with Crippen LogP contribution in [-0.4, -0.2) is 31.3 Å². The van der Waals surface area contributed by atoms with Crippen LogP contribution in [0.15, 0.2) is 0 Å². The van der Waals surface area contributed by atoms with Gasteiger partial charge >= 0.3 is 0 Å². The van der Waals surface area contributed by atoms with E-state index in [0.29, 0.717) is 11.5 Å². The van der Waals surface area contributed by atoms with Crippen molar-refractivity contribution in [1.29, 1.82) is 0 Å². The van der Waals surface area contributed by atoms with E-state index in [1.54, 1.807) is 0 Å². The molecular formula is C13H23BrO2. The Morgan fingerprint density at radius 1 is 1.19 bits per heavy atom. The van der Waals surface area contributed by atoms with Crippen molar-refractivity contribution in [3.63, 3.8) is 0 Å². The van der Waals surface area contributed by atoms with Crippen LogP contribution in [0.25, 0.3) is 0 Å². The second-order valence-corrected chi connectivity index (χ2v) is 5.91. The zero-order chi connectivity index (χ0) is 11.3. The van der Waals surface area contributed by atoms with Gasteiger partial charge in [0.05, 0.1) is 19.3 Å². The van der Waals surface area contributed by atoms with E-state index >= 15 is 0 Å². The fourth-order valence-corrected chi connectivity index (χ4v) is 3.51. The summed E-state index contributed by atoms with van der Waals surface area (Å²) in [4.78, 5) is 0. The van der Waals surface area contributed by atoms with Gasteiger partial charge in [-0.3, -0.25) is 0 Å². The van der Waals surface area contributed by atoms with Crippen molar-refractivity contribution >= 4 is 15.9 Å². The summed E-state index contributed by atoms with van der Waals surface area (Å²) in [5.41, 5.74) is 0.425. The molecule has 1 aliphatic heterocycles. The summed E-state index contributed by atoms with van der Waals surface area (Å²) in [6, 6.07) is 0. The van der Waals surface area contributed by atoms with E-state index in [4.69, 9.17) is 9.47 Å². The largest absolute Gasteiger partial charge is 0.378 e. The van der Waals surface area contributed by atoms with Crippen LogP contribution in [0.1, 0.15) is 44.9 Å². The van der Waals surface area contributed by atoms with Gasteiger partial charge in [0, 0.05) is 17.4 Å². The summed E-state index contributed by atoms with van der Waals surface area (Å²) in [6.45, 7) is 2.64. The van der Waals surface area contributed by atoms with Crippen LogP contribution in [0.5, 0.6) is 0 Å². The van der Waals surface area contributed by atoms with Gasteiger partial charge in [0.25, 0.3) is 0 Å². The molecule has 94 valence electrons. The molecule has 0 aromatic carbocycles. The Morgan fingerprint density at radius 3 is 2.62 bits per heavy atom. The van der Waals surface area contributed by atoms with Crippen molar-refractivity contribution in [2.24, 2.45) is 5.41 Å². The number of hydrogen-bond acceptors (Lipinski definition) is 2. The Bertz CT molecular complexity index is 196. The lowest BCUT2D eigenvalue weighted by Gasteiger charge is -2.28. The van der Waals surface area contributed by atoms with Crippen LogP contribution in [0, 0.1) is 5.41 Å². The molecule has 3 heteroatoms. The Kier molecular flexibility index (Phi) is 5.11. The van der Waals surface area contributed by atoms with Crippen LogP contribution < -0.4 is 0 Å². The fourth-order valence-electron chi connectivity index (χ4n) is 2.79. The third-order valence-corrected chi connectivity index (χ3v) is 5.12. The number of halogens is 1. The molecule has 0 N–H and O–H groups in total. The minimum atomic E-state index is 0.363. The lowest BCUT2D eigenvalue weighted by molar-refractivity contribution is -0.0553. The van der Waals surface area contributed by atoms with E-state index in [0.717, 1.165) is 25.2 Å². The summed E-state index contributed by atoms with van der Waals surface area (Å²) in [5, 5.41) is 1.09. The number of alkyl halides is 1. The predicted octanol–water partition coefficient (Wildman–Crippen LogP) is 3.53. The molecule has 0 aromatic rings. The molecular weight excluding hydrogens is 268 g/mol. The molecule has 1 unspecified atom stereocenters. The molecule has 1 saturated heterocycles. The zero-order valence-electron chi connectivity index (χ0n) is 10.0. The minimum absolute atomic E-state index is 0.363. The van der Waals surface area contributed by atoms with Crippen molar-refractivity contribution in [3.8, 4) is 0 Å². The standard InChI is InChI=1S/C13H23BrO2/c14-10-13(6-2-3-7-13)11-15-9-12-5-1-4-8-16-12/h12H,1-11H2. The molecule has 2 aliphatic rings. The highest BCUT2D eigenvalue weighted by Gasteiger charge is 2.33. The van der Waals surface area contributed by atoms with Gasteiger partial charge < -0.3 is 9.47 Å². The Labute approximate surface area is 107 Å². The molecule has 2 rings (SSSR count). The van der Waals surface area contributed by atoms with E-state index in [-0.39, 0.29) is 0 Å². The molecule has 1 heterocycles. The van der Waals surface area contributed by atoms with Gasteiger partial charge in [-0.15, -0.1) is 0 Å². The van der Waals surface area contributed by atoms with E-state index in [1.165, 1.54) is 44.9 Å². The molecule has 0 spiro atoms. The van der Waals surface area contributed by atoms with Crippen LogP contribution in [0.4, 0.5) is 0 Å². The average Bonchev–Trinajstić information content (AvgIpc) is 2.80. The van der Waals surface area contributed by atoms with Gasteiger partial charge in [0.1, 0.15) is 0 Å².